The molecule has 0 saturated heterocycles. The van der Waals surface area contributed by atoms with Crippen LogP contribution in [0.2, 0.25) is 0 Å². The number of benzene rings is 1. The Balaban J connectivity index is 1.99. The minimum atomic E-state index is 0.0887. The largest absolute Gasteiger partial charge is 0.481 e. The van der Waals surface area contributed by atoms with Crippen LogP contribution in [0, 0.1) is 0 Å². The summed E-state index contributed by atoms with van der Waals surface area (Å²) in [5, 5.41) is 2.89. The first-order chi connectivity index (χ1) is 9.26. The zero-order valence-corrected chi connectivity index (χ0v) is 10.6. The number of hydrogen-bond donors (Lipinski definition) is 1. The quantitative estimate of drug-likeness (QED) is 0.896. The number of aryl methyl sites for hydroxylation is 1. The Morgan fingerprint density at radius 2 is 2.00 bits per heavy atom. The fourth-order valence-electron chi connectivity index (χ4n) is 2.26. The summed E-state index contributed by atoms with van der Waals surface area (Å²) in [6, 6.07) is 9.92. The van der Waals surface area contributed by atoms with Crippen molar-refractivity contribution in [3.8, 4) is 17.0 Å². The molecule has 0 bridgehead atoms. The molecule has 3 rings (SSSR count). The third-order valence-corrected chi connectivity index (χ3v) is 3.28. The summed E-state index contributed by atoms with van der Waals surface area (Å²) in [4.78, 5) is 15.4. The molecule has 0 radical (unpaired) electrons. The van der Waals surface area contributed by atoms with E-state index in [1.54, 1.807) is 13.3 Å². The summed E-state index contributed by atoms with van der Waals surface area (Å²) < 4.78 is 5.13. The standard InChI is InChI=1S/C15H14N2O2/c1-19-15-9-11(6-7-16-15)10-2-4-13-12(8-10)3-5-14(18)17-13/h2,4,6-9H,3,5H2,1H3,(H,17,18). The van der Waals surface area contributed by atoms with Gasteiger partial charge in [-0.25, -0.2) is 4.98 Å². The van der Waals surface area contributed by atoms with Gasteiger partial charge < -0.3 is 10.1 Å². The first kappa shape index (κ1) is 11.7. The molecule has 2 heterocycles. The Morgan fingerprint density at radius 3 is 2.84 bits per heavy atom. The molecule has 0 unspecified atom stereocenters. The molecule has 0 aliphatic carbocycles. The maximum atomic E-state index is 11.3. The van der Waals surface area contributed by atoms with Crippen LogP contribution in [0.15, 0.2) is 36.5 Å². The predicted octanol–water partition coefficient (Wildman–Crippen LogP) is 2.64. The van der Waals surface area contributed by atoms with Crippen molar-refractivity contribution in [3.63, 3.8) is 0 Å². The second-order valence-electron chi connectivity index (χ2n) is 4.51. The molecule has 0 saturated carbocycles. The van der Waals surface area contributed by atoms with Crippen LogP contribution in [-0.2, 0) is 11.2 Å². The van der Waals surface area contributed by atoms with Gasteiger partial charge in [-0.05, 0) is 41.3 Å². The zero-order chi connectivity index (χ0) is 13.2. The summed E-state index contributed by atoms with van der Waals surface area (Å²) in [6.45, 7) is 0. The molecule has 1 N–H and O–H groups in total. The number of rotatable bonds is 2. The molecule has 0 atom stereocenters. The van der Waals surface area contributed by atoms with Crippen molar-refractivity contribution in [2.45, 2.75) is 12.8 Å². The summed E-state index contributed by atoms with van der Waals surface area (Å²) in [5.41, 5.74) is 4.26. The third kappa shape index (κ3) is 2.29. The van der Waals surface area contributed by atoms with Crippen LogP contribution in [0.4, 0.5) is 5.69 Å². The topological polar surface area (TPSA) is 51.2 Å². The molecule has 4 nitrogen and oxygen atoms in total. The average molecular weight is 254 g/mol. The van der Waals surface area contributed by atoms with Crippen LogP contribution >= 0.6 is 0 Å². The molecule has 2 aromatic rings. The van der Waals surface area contributed by atoms with Gasteiger partial charge in [0.05, 0.1) is 7.11 Å². The van der Waals surface area contributed by atoms with Gasteiger partial charge in [-0.2, -0.15) is 0 Å². The maximum Gasteiger partial charge on any atom is 0.224 e. The number of nitrogens with one attached hydrogen (secondary N) is 1. The number of pyridine rings is 1. The third-order valence-electron chi connectivity index (χ3n) is 3.28. The zero-order valence-electron chi connectivity index (χ0n) is 10.6. The fraction of sp³-hybridized carbons (Fsp3) is 0.200. The first-order valence-corrected chi connectivity index (χ1v) is 6.19. The van der Waals surface area contributed by atoms with Gasteiger partial charge in [-0.3, -0.25) is 4.79 Å². The highest BCUT2D eigenvalue weighted by Gasteiger charge is 2.15. The monoisotopic (exact) mass is 254 g/mol. The molecule has 1 aromatic heterocycles. The fourth-order valence-corrected chi connectivity index (χ4v) is 2.26. The van der Waals surface area contributed by atoms with Crippen molar-refractivity contribution in [2.75, 3.05) is 12.4 Å². The number of nitrogens with zero attached hydrogens (tertiary/aromatic N) is 1. The van der Waals surface area contributed by atoms with Gasteiger partial charge in [0, 0.05) is 24.4 Å². The van der Waals surface area contributed by atoms with Gasteiger partial charge in [0.25, 0.3) is 0 Å². The Morgan fingerprint density at radius 1 is 1.16 bits per heavy atom. The minimum absolute atomic E-state index is 0.0887. The van der Waals surface area contributed by atoms with Crippen LogP contribution < -0.4 is 10.1 Å². The van der Waals surface area contributed by atoms with Crippen LogP contribution in [0.5, 0.6) is 5.88 Å². The van der Waals surface area contributed by atoms with Crippen molar-refractivity contribution in [1.82, 2.24) is 4.98 Å². The highest BCUT2D eigenvalue weighted by molar-refractivity contribution is 5.94. The van der Waals surface area contributed by atoms with Crippen LogP contribution in [0.3, 0.4) is 0 Å². The summed E-state index contributed by atoms with van der Waals surface area (Å²) in [5.74, 6) is 0.689. The van der Waals surface area contributed by atoms with E-state index in [9.17, 15) is 4.79 Å². The predicted molar refractivity (Wildman–Crippen MR) is 73.2 cm³/mol. The molecule has 0 spiro atoms. The van der Waals surface area contributed by atoms with E-state index in [1.807, 2.05) is 24.3 Å². The van der Waals surface area contributed by atoms with E-state index in [0.29, 0.717) is 12.3 Å². The van der Waals surface area contributed by atoms with Crippen molar-refractivity contribution in [2.24, 2.45) is 0 Å². The van der Waals surface area contributed by atoms with E-state index in [-0.39, 0.29) is 5.91 Å². The number of aromatic nitrogens is 1. The number of anilines is 1. The number of hydrogen-bond acceptors (Lipinski definition) is 3. The Bertz CT molecular complexity index is 638. The second kappa shape index (κ2) is 4.72. The molecule has 96 valence electrons. The van der Waals surface area contributed by atoms with Gasteiger partial charge in [-0.1, -0.05) is 6.07 Å². The minimum Gasteiger partial charge on any atom is -0.481 e. The van der Waals surface area contributed by atoms with Crippen LogP contribution in [-0.4, -0.2) is 18.0 Å². The van der Waals surface area contributed by atoms with Gasteiger partial charge in [0.15, 0.2) is 0 Å². The lowest BCUT2D eigenvalue weighted by Gasteiger charge is -2.17. The Hall–Kier alpha value is -2.36. The molecule has 1 aliphatic heterocycles. The average Bonchev–Trinajstić information content (AvgIpc) is 2.46. The van der Waals surface area contributed by atoms with E-state index in [1.165, 1.54) is 5.56 Å². The normalized spacial score (nSPS) is 13.6. The van der Waals surface area contributed by atoms with Crippen molar-refractivity contribution < 1.29 is 9.53 Å². The molecule has 1 aliphatic rings. The number of ether oxygens (including phenoxy) is 1. The molecule has 0 fully saturated rings. The molecular weight excluding hydrogens is 240 g/mol. The highest BCUT2D eigenvalue weighted by Crippen LogP contribution is 2.29. The number of carbonyl (C=O) groups excluding carboxylic acids is 1. The first-order valence-electron chi connectivity index (χ1n) is 6.19. The van der Waals surface area contributed by atoms with Gasteiger partial charge in [0.2, 0.25) is 11.8 Å². The van der Waals surface area contributed by atoms with Gasteiger partial charge in [-0.15, -0.1) is 0 Å². The van der Waals surface area contributed by atoms with E-state index in [4.69, 9.17) is 4.74 Å². The smallest absolute Gasteiger partial charge is 0.224 e. The lowest BCUT2D eigenvalue weighted by atomic mass is 9.97. The number of amides is 1. The van der Waals surface area contributed by atoms with E-state index in [0.717, 1.165) is 23.2 Å². The lowest BCUT2D eigenvalue weighted by Crippen LogP contribution is -2.18. The lowest BCUT2D eigenvalue weighted by molar-refractivity contribution is -0.116. The Kier molecular flexibility index (Phi) is 2.91. The summed E-state index contributed by atoms with van der Waals surface area (Å²) >= 11 is 0. The highest BCUT2D eigenvalue weighted by atomic mass is 16.5. The molecule has 1 amide bonds. The van der Waals surface area contributed by atoms with Crippen molar-refractivity contribution >= 4 is 11.6 Å². The SMILES string of the molecule is COc1cc(-c2ccc3c(c2)CCC(=O)N3)ccn1. The number of fused-ring (bicyclic) bond motifs is 1. The molecule has 1 aromatic carbocycles. The van der Waals surface area contributed by atoms with E-state index in [2.05, 4.69) is 16.4 Å². The van der Waals surface area contributed by atoms with Crippen LogP contribution in [0.25, 0.3) is 11.1 Å². The number of carbonyl (C=O) groups is 1. The summed E-state index contributed by atoms with van der Waals surface area (Å²) in [6.07, 6.45) is 3.07. The summed E-state index contributed by atoms with van der Waals surface area (Å²) in [7, 11) is 1.61. The van der Waals surface area contributed by atoms with E-state index >= 15 is 0 Å². The second-order valence-corrected chi connectivity index (χ2v) is 4.51. The maximum absolute atomic E-state index is 11.3. The molecular formula is C15H14N2O2. The molecule has 4 heteroatoms. The number of methoxy groups -OCH3 is 1. The van der Waals surface area contributed by atoms with Gasteiger partial charge >= 0.3 is 0 Å². The Labute approximate surface area is 111 Å². The van der Waals surface area contributed by atoms with Gasteiger partial charge in [0.1, 0.15) is 0 Å². The van der Waals surface area contributed by atoms with E-state index < -0.39 is 0 Å². The van der Waals surface area contributed by atoms with Crippen molar-refractivity contribution in [3.05, 3.63) is 42.1 Å². The van der Waals surface area contributed by atoms with Crippen LogP contribution in [0.1, 0.15) is 12.0 Å². The van der Waals surface area contributed by atoms with Crippen molar-refractivity contribution in [1.29, 1.82) is 0 Å². The molecule has 19 heavy (non-hydrogen) atoms.